The minimum atomic E-state index is -0.328. The zero-order chi connectivity index (χ0) is 23.7. The van der Waals surface area contributed by atoms with Gasteiger partial charge in [-0.25, -0.2) is 4.98 Å². The van der Waals surface area contributed by atoms with Crippen molar-refractivity contribution in [1.29, 1.82) is 0 Å². The number of nitrogens with zero attached hydrogens (tertiary/aromatic N) is 2. The molecule has 2 aromatic carbocycles. The smallest absolute Gasteiger partial charge is 0.253 e. The largest absolute Gasteiger partial charge is 0.496 e. The Morgan fingerprint density at radius 3 is 2.76 bits per heavy atom. The summed E-state index contributed by atoms with van der Waals surface area (Å²) in [4.78, 5) is 31.9. The predicted molar refractivity (Wildman–Crippen MR) is 127 cm³/mol. The van der Waals surface area contributed by atoms with Crippen molar-refractivity contribution in [2.24, 2.45) is 0 Å². The van der Waals surface area contributed by atoms with Gasteiger partial charge in [0.2, 0.25) is 11.8 Å². The van der Waals surface area contributed by atoms with Crippen molar-refractivity contribution >= 4 is 22.9 Å². The van der Waals surface area contributed by atoms with E-state index in [1.165, 1.54) is 0 Å². The van der Waals surface area contributed by atoms with E-state index in [4.69, 9.17) is 13.9 Å². The molecule has 1 saturated heterocycles. The number of rotatable bonds is 6. The fourth-order valence-electron chi connectivity index (χ4n) is 4.88. The lowest BCUT2D eigenvalue weighted by Gasteiger charge is -2.25. The van der Waals surface area contributed by atoms with E-state index in [0.29, 0.717) is 35.0 Å². The lowest BCUT2D eigenvalue weighted by atomic mass is 10.1. The van der Waals surface area contributed by atoms with Gasteiger partial charge in [-0.05, 0) is 62.4 Å². The molecular formula is C26H29N3O5. The molecule has 1 aliphatic carbocycles. The van der Waals surface area contributed by atoms with Gasteiger partial charge < -0.3 is 24.1 Å². The molecule has 2 heterocycles. The Labute approximate surface area is 198 Å². The molecule has 8 nitrogen and oxygen atoms in total. The highest BCUT2D eigenvalue weighted by Gasteiger charge is 2.33. The highest BCUT2D eigenvalue weighted by Crippen LogP contribution is 2.33. The number of nitrogens with one attached hydrogen (secondary N) is 1. The van der Waals surface area contributed by atoms with Gasteiger partial charge in [-0.2, -0.15) is 0 Å². The number of amides is 2. The van der Waals surface area contributed by atoms with E-state index in [-0.39, 0.29) is 30.0 Å². The molecule has 5 rings (SSSR count). The van der Waals surface area contributed by atoms with E-state index in [1.807, 2.05) is 37.4 Å². The normalized spacial score (nSPS) is 22.1. The molecule has 2 aliphatic rings. The quantitative estimate of drug-likeness (QED) is 0.598. The standard InChI is InChI=1S/C26H29N3O5/c1-29(18-11-10-17(15-18)27-24(30)22-8-5-13-33-22)26(31)16-9-12-19(23(14-16)32-2)25-28-20-6-3-4-7-21(20)34-25/h3-4,6-7,9,12,14,17-18,22H,5,8,10-11,13,15H2,1-2H3,(H,27,30)/t17-,18+,22?/m0/s1. The molecule has 8 heteroatoms. The summed E-state index contributed by atoms with van der Waals surface area (Å²) < 4.78 is 16.9. The van der Waals surface area contributed by atoms with Crippen LogP contribution in [0.5, 0.6) is 5.75 Å². The van der Waals surface area contributed by atoms with E-state index < -0.39 is 0 Å². The van der Waals surface area contributed by atoms with Crippen LogP contribution in [-0.4, -0.2) is 60.7 Å². The molecular weight excluding hydrogens is 434 g/mol. The first-order valence-corrected chi connectivity index (χ1v) is 11.8. The number of carbonyl (C=O) groups is 2. The first-order chi connectivity index (χ1) is 16.5. The van der Waals surface area contributed by atoms with Gasteiger partial charge in [0.05, 0.1) is 12.7 Å². The van der Waals surface area contributed by atoms with Crippen LogP contribution in [0.3, 0.4) is 0 Å². The van der Waals surface area contributed by atoms with E-state index in [1.54, 1.807) is 24.1 Å². The highest BCUT2D eigenvalue weighted by atomic mass is 16.5. The zero-order valence-corrected chi connectivity index (χ0v) is 19.5. The number of hydrogen-bond donors (Lipinski definition) is 1. The lowest BCUT2D eigenvalue weighted by Crippen LogP contribution is -2.41. The Kier molecular flexibility index (Phi) is 6.24. The Bertz CT molecular complexity index is 1170. The Morgan fingerprint density at radius 2 is 2.00 bits per heavy atom. The van der Waals surface area contributed by atoms with Crippen LogP contribution < -0.4 is 10.1 Å². The van der Waals surface area contributed by atoms with Crippen LogP contribution in [-0.2, 0) is 9.53 Å². The van der Waals surface area contributed by atoms with Crippen molar-refractivity contribution in [3.63, 3.8) is 0 Å². The van der Waals surface area contributed by atoms with Gasteiger partial charge >= 0.3 is 0 Å². The molecule has 34 heavy (non-hydrogen) atoms. The second kappa shape index (κ2) is 9.46. The highest BCUT2D eigenvalue weighted by molar-refractivity contribution is 5.95. The first-order valence-electron chi connectivity index (χ1n) is 11.8. The number of oxazole rings is 1. The summed E-state index contributed by atoms with van der Waals surface area (Å²) in [6.45, 7) is 0.650. The monoisotopic (exact) mass is 463 g/mol. The first kappa shape index (κ1) is 22.4. The summed E-state index contributed by atoms with van der Waals surface area (Å²) in [6.07, 6.45) is 3.81. The molecule has 2 amide bonds. The number of carbonyl (C=O) groups excluding carboxylic acids is 2. The van der Waals surface area contributed by atoms with Crippen LogP contribution in [0, 0.1) is 0 Å². The molecule has 0 radical (unpaired) electrons. The van der Waals surface area contributed by atoms with Gasteiger partial charge in [0.15, 0.2) is 5.58 Å². The molecule has 1 N–H and O–H groups in total. The minimum absolute atomic E-state index is 0.0309. The van der Waals surface area contributed by atoms with Crippen molar-refractivity contribution in [3.8, 4) is 17.2 Å². The third kappa shape index (κ3) is 4.37. The Balaban J connectivity index is 1.27. The van der Waals surface area contributed by atoms with Crippen molar-refractivity contribution in [3.05, 3.63) is 48.0 Å². The second-order valence-corrected chi connectivity index (χ2v) is 8.99. The maximum atomic E-state index is 13.3. The van der Waals surface area contributed by atoms with Crippen LogP contribution in [0.1, 0.15) is 42.5 Å². The molecule has 2 fully saturated rings. The molecule has 1 unspecified atom stereocenters. The van der Waals surface area contributed by atoms with Crippen LogP contribution in [0.2, 0.25) is 0 Å². The van der Waals surface area contributed by atoms with Crippen molar-refractivity contribution in [2.75, 3.05) is 20.8 Å². The third-order valence-corrected chi connectivity index (χ3v) is 6.81. The molecule has 3 aromatic rings. The molecule has 3 atom stereocenters. The van der Waals surface area contributed by atoms with Gasteiger partial charge in [-0.1, -0.05) is 12.1 Å². The van der Waals surface area contributed by atoms with E-state index >= 15 is 0 Å². The van der Waals surface area contributed by atoms with Gasteiger partial charge in [0.25, 0.3) is 5.91 Å². The number of aromatic nitrogens is 1. The van der Waals surface area contributed by atoms with Gasteiger partial charge in [-0.15, -0.1) is 0 Å². The average molecular weight is 464 g/mol. The molecule has 1 saturated carbocycles. The SMILES string of the molecule is COc1cc(C(=O)N(C)[C@@H]2CC[C@H](NC(=O)C3CCCO3)C2)ccc1-c1nc2ccccc2o1. The maximum absolute atomic E-state index is 13.3. The Morgan fingerprint density at radius 1 is 1.15 bits per heavy atom. The van der Waals surface area contributed by atoms with Crippen LogP contribution in [0.25, 0.3) is 22.6 Å². The molecule has 1 aromatic heterocycles. The van der Waals surface area contributed by atoms with Crippen molar-refractivity contribution < 1.29 is 23.5 Å². The molecule has 178 valence electrons. The molecule has 0 bridgehead atoms. The average Bonchev–Trinajstić information content (AvgIpc) is 3.63. The van der Waals surface area contributed by atoms with Crippen molar-refractivity contribution in [2.45, 2.75) is 50.3 Å². The van der Waals surface area contributed by atoms with E-state index in [9.17, 15) is 9.59 Å². The summed E-state index contributed by atoms with van der Waals surface area (Å²) in [6, 6.07) is 13.0. The predicted octanol–water partition coefficient (Wildman–Crippen LogP) is 3.79. The number of para-hydroxylation sites is 2. The van der Waals surface area contributed by atoms with Gasteiger partial charge in [0.1, 0.15) is 17.4 Å². The second-order valence-electron chi connectivity index (χ2n) is 8.99. The van der Waals surface area contributed by atoms with E-state index in [0.717, 1.165) is 37.6 Å². The summed E-state index contributed by atoms with van der Waals surface area (Å²) in [7, 11) is 3.39. The van der Waals surface area contributed by atoms with Gasteiger partial charge in [-0.3, -0.25) is 9.59 Å². The number of fused-ring (bicyclic) bond motifs is 1. The molecule has 0 spiro atoms. The summed E-state index contributed by atoms with van der Waals surface area (Å²) in [5, 5.41) is 3.10. The molecule has 1 aliphatic heterocycles. The maximum Gasteiger partial charge on any atom is 0.253 e. The number of hydrogen-bond acceptors (Lipinski definition) is 6. The summed E-state index contributed by atoms with van der Waals surface area (Å²) >= 11 is 0. The van der Waals surface area contributed by atoms with E-state index in [2.05, 4.69) is 10.3 Å². The number of ether oxygens (including phenoxy) is 2. The summed E-state index contributed by atoms with van der Waals surface area (Å²) in [5.74, 6) is 0.861. The number of methoxy groups -OCH3 is 1. The van der Waals surface area contributed by atoms with Crippen LogP contribution in [0.15, 0.2) is 46.9 Å². The Hall–Kier alpha value is -3.39. The lowest BCUT2D eigenvalue weighted by molar-refractivity contribution is -0.130. The fraction of sp³-hybridized carbons (Fsp3) is 0.423. The van der Waals surface area contributed by atoms with Crippen molar-refractivity contribution in [1.82, 2.24) is 15.2 Å². The number of benzene rings is 2. The zero-order valence-electron chi connectivity index (χ0n) is 19.5. The minimum Gasteiger partial charge on any atom is -0.496 e. The summed E-state index contributed by atoms with van der Waals surface area (Å²) in [5.41, 5.74) is 2.69. The fourth-order valence-corrected chi connectivity index (χ4v) is 4.88. The van der Waals surface area contributed by atoms with Crippen LogP contribution in [0.4, 0.5) is 0 Å². The van der Waals surface area contributed by atoms with Gasteiger partial charge in [0, 0.05) is 31.3 Å². The third-order valence-electron chi connectivity index (χ3n) is 6.81. The van der Waals surface area contributed by atoms with Crippen LogP contribution >= 0.6 is 0 Å². The topological polar surface area (TPSA) is 93.9 Å².